The molecule has 11 nitrogen and oxygen atoms in total. The highest BCUT2D eigenvalue weighted by molar-refractivity contribution is 7.94. The van der Waals surface area contributed by atoms with Gasteiger partial charge in [-0.05, 0) is 47.9 Å². The van der Waals surface area contributed by atoms with Gasteiger partial charge in [0.1, 0.15) is 6.33 Å². The van der Waals surface area contributed by atoms with Gasteiger partial charge in [-0.3, -0.25) is 4.79 Å². The molecule has 0 unspecified atom stereocenters. The normalized spacial score (nSPS) is 11.5. The lowest BCUT2D eigenvalue weighted by atomic mass is 10.1. The summed E-state index contributed by atoms with van der Waals surface area (Å²) in [5, 5.41) is 14.8. The molecule has 0 saturated carbocycles. The lowest BCUT2D eigenvalue weighted by Gasteiger charge is -2.14. The second-order valence-electron chi connectivity index (χ2n) is 7.40. The van der Waals surface area contributed by atoms with Crippen molar-refractivity contribution >= 4 is 61.3 Å². The number of fused-ring (bicyclic) bond motifs is 1. The number of halogens is 1. The molecule has 0 aliphatic heterocycles. The number of carbonyl (C=O) groups excluding carboxylic acids is 1. The van der Waals surface area contributed by atoms with Gasteiger partial charge in [0, 0.05) is 23.5 Å². The number of hydrogen-bond donors (Lipinski definition) is 4. The van der Waals surface area contributed by atoms with Crippen LogP contribution in [-0.4, -0.2) is 53.2 Å². The molecule has 0 aliphatic rings. The molecule has 2 aromatic heterocycles. The topological polar surface area (TPSA) is 143 Å². The first-order valence-corrected chi connectivity index (χ1v) is 13.3. The van der Waals surface area contributed by atoms with Gasteiger partial charge in [0.25, 0.3) is 4.34 Å². The number of rotatable bonds is 11. The van der Waals surface area contributed by atoms with Crippen LogP contribution in [0.1, 0.15) is 12.5 Å². The number of hydrogen-bond acceptors (Lipinski definition) is 9. The van der Waals surface area contributed by atoms with E-state index in [1.807, 2.05) is 6.92 Å². The number of anilines is 2. The Morgan fingerprint density at radius 1 is 1.17 bits per heavy atom. The first-order valence-electron chi connectivity index (χ1n) is 10.7. The fourth-order valence-corrected chi connectivity index (χ4v) is 5.09. The largest absolute Gasteiger partial charge is 0.382 e. The molecule has 2 heterocycles. The average Bonchev–Trinajstić information content (AvgIpc) is 3.50. The van der Waals surface area contributed by atoms with Gasteiger partial charge in [-0.25, -0.2) is 4.98 Å². The van der Waals surface area contributed by atoms with Crippen molar-refractivity contribution in [3.63, 3.8) is 0 Å². The summed E-state index contributed by atoms with van der Waals surface area (Å²) in [6.45, 7) is 4.34. The van der Waals surface area contributed by atoms with Crippen molar-refractivity contribution in [1.29, 1.82) is 0 Å². The summed E-state index contributed by atoms with van der Waals surface area (Å²) >= 11 is 6.89. The molecular formula is C21H23ClN8O3S2. The quantitative estimate of drug-likeness (QED) is 0.215. The number of benzene rings is 2. The zero-order valence-electron chi connectivity index (χ0n) is 18.7. The third kappa shape index (κ3) is 6.06. The van der Waals surface area contributed by atoms with E-state index in [0.717, 1.165) is 35.1 Å². The Kier molecular flexibility index (Phi) is 7.80. The average molecular weight is 535 g/mol. The van der Waals surface area contributed by atoms with E-state index in [-0.39, 0.29) is 16.7 Å². The summed E-state index contributed by atoms with van der Waals surface area (Å²) in [7, 11) is -3.93. The highest BCUT2D eigenvalue weighted by Crippen LogP contribution is 2.26. The number of aromatic nitrogens is 4. The molecule has 35 heavy (non-hydrogen) atoms. The minimum absolute atomic E-state index is 0.0612. The molecule has 4 rings (SSSR count). The van der Waals surface area contributed by atoms with Crippen molar-refractivity contribution in [2.45, 2.75) is 17.7 Å². The van der Waals surface area contributed by atoms with E-state index in [2.05, 4.69) is 35.2 Å². The zero-order chi connectivity index (χ0) is 24.8. The Hall–Kier alpha value is -3.26. The van der Waals surface area contributed by atoms with E-state index in [4.69, 9.17) is 11.6 Å². The van der Waals surface area contributed by atoms with Crippen molar-refractivity contribution in [3.8, 4) is 0 Å². The van der Waals surface area contributed by atoms with Crippen molar-refractivity contribution < 1.29 is 13.2 Å². The fraction of sp³-hybridized carbons (Fsp3) is 0.238. The summed E-state index contributed by atoms with van der Waals surface area (Å²) in [6.07, 6.45) is 2.74. The van der Waals surface area contributed by atoms with E-state index >= 15 is 0 Å². The Labute approximate surface area is 211 Å². The molecule has 0 atom stereocenters. The fourth-order valence-electron chi connectivity index (χ4n) is 3.37. The predicted molar refractivity (Wildman–Crippen MR) is 137 cm³/mol. The molecule has 0 spiro atoms. The monoisotopic (exact) mass is 534 g/mol. The number of carbonyl (C=O) groups is 1. The van der Waals surface area contributed by atoms with Crippen LogP contribution in [0, 0.1) is 0 Å². The van der Waals surface area contributed by atoms with Crippen LogP contribution in [0.25, 0.3) is 10.9 Å². The molecule has 1 amide bonds. The molecule has 0 saturated heterocycles. The first kappa shape index (κ1) is 24.9. The summed E-state index contributed by atoms with van der Waals surface area (Å²) in [5.74, 6) is -0.239. The number of sulfonamides is 1. The molecule has 184 valence electrons. The minimum atomic E-state index is -3.93. The molecule has 2 aromatic carbocycles. The Bertz CT molecular complexity index is 1420. The van der Waals surface area contributed by atoms with Crippen LogP contribution < -0.4 is 20.8 Å². The molecule has 0 fully saturated rings. The highest BCUT2D eigenvalue weighted by Gasteiger charge is 2.20. The molecular weight excluding hydrogens is 512 g/mol. The van der Waals surface area contributed by atoms with Crippen LogP contribution >= 0.6 is 23.1 Å². The van der Waals surface area contributed by atoms with Crippen molar-refractivity contribution in [3.05, 3.63) is 59.5 Å². The lowest BCUT2D eigenvalue weighted by Crippen LogP contribution is -2.24. The van der Waals surface area contributed by atoms with Crippen LogP contribution in [0.2, 0.25) is 5.02 Å². The van der Waals surface area contributed by atoms with Gasteiger partial charge in [0.15, 0.2) is 0 Å². The predicted octanol–water partition coefficient (Wildman–Crippen LogP) is 2.68. The number of amides is 1. The molecule has 0 radical (unpaired) electrons. The van der Waals surface area contributed by atoms with Crippen molar-refractivity contribution in [2.75, 3.05) is 35.1 Å². The van der Waals surface area contributed by atoms with Gasteiger partial charge in [-0.2, -0.15) is 27.5 Å². The van der Waals surface area contributed by atoms with Gasteiger partial charge in [-0.15, -0.1) is 0 Å². The highest BCUT2D eigenvalue weighted by atomic mass is 35.5. The number of nitrogens with zero attached hydrogens (tertiary/aromatic N) is 4. The summed E-state index contributed by atoms with van der Waals surface area (Å²) in [4.78, 5) is 20.1. The Morgan fingerprint density at radius 2 is 2.03 bits per heavy atom. The van der Waals surface area contributed by atoms with Crippen molar-refractivity contribution in [2.24, 2.45) is 0 Å². The van der Waals surface area contributed by atoms with E-state index < -0.39 is 10.0 Å². The van der Waals surface area contributed by atoms with E-state index in [1.165, 1.54) is 12.5 Å². The van der Waals surface area contributed by atoms with Crippen LogP contribution in [0.3, 0.4) is 0 Å². The van der Waals surface area contributed by atoms with Crippen LogP contribution in [0.5, 0.6) is 0 Å². The first-order chi connectivity index (χ1) is 16.9. The van der Waals surface area contributed by atoms with Gasteiger partial charge < -0.3 is 16.0 Å². The van der Waals surface area contributed by atoms with Gasteiger partial charge in [0.2, 0.25) is 5.91 Å². The standard InChI is InChI=1S/C21H23ClN8O3S2/c1-2-23-8-9-24-18-11-15(22)6-7-17(18)28-20(31)10-14-4-3-5-19-16(14)12-26-30(19)29-35(32,33)21-25-13-27-34-21/h3-7,11-13,23-24,29H,2,8-10H2,1H3,(H,28,31). The maximum atomic E-state index is 12.9. The lowest BCUT2D eigenvalue weighted by molar-refractivity contribution is -0.115. The summed E-state index contributed by atoms with van der Waals surface area (Å²) in [6, 6.07) is 10.5. The maximum absolute atomic E-state index is 12.9. The van der Waals surface area contributed by atoms with Gasteiger partial charge in [-0.1, -0.05) is 30.7 Å². The SMILES string of the molecule is CCNCCNc1cc(Cl)ccc1NC(=O)Cc1cccc2c1cnn2NS(=O)(=O)c1ncns1. The van der Waals surface area contributed by atoms with Gasteiger partial charge >= 0.3 is 10.0 Å². The third-order valence-corrected chi connectivity index (χ3v) is 7.51. The second-order valence-corrected chi connectivity index (χ2v) is 10.5. The molecule has 14 heteroatoms. The Morgan fingerprint density at radius 3 is 2.80 bits per heavy atom. The molecule has 4 N–H and O–H groups in total. The zero-order valence-corrected chi connectivity index (χ0v) is 21.0. The smallest absolute Gasteiger partial charge is 0.305 e. The van der Waals surface area contributed by atoms with Crippen LogP contribution in [-0.2, 0) is 21.2 Å². The third-order valence-electron chi connectivity index (χ3n) is 4.96. The molecule has 0 bridgehead atoms. The van der Waals surface area contributed by atoms with E-state index in [0.29, 0.717) is 33.7 Å². The summed E-state index contributed by atoms with van der Waals surface area (Å²) < 4.78 is 28.5. The molecule has 0 aliphatic carbocycles. The maximum Gasteiger partial charge on any atom is 0.305 e. The Balaban J connectivity index is 1.49. The molecule has 4 aromatic rings. The van der Waals surface area contributed by atoms with E-state index in [9.17, 15) is 13.2 Å². The second kappa shape index (κ2) is 11.0. The van der Waals surface area contributed by atoms with Crippen LogP contribution in [0.15, 0.2) is 53.3 Å². The summed E-state index contributed by atoms with van der Waals surface area (Å²) in [5.41, 5.74) is 2.53. The number of likely N-dealkylation sites (N-methyl/N-ethyl adjacent to an activating group) is 1. The minimum Gasteiger partial charge on any atom is -0.382 e. The van der Waals surface area contributed by atoms with Crippen LogP contribution in [0.4, 0.5) is 11.4 Å². The van der Waals surface area contributed by atoms with Gasteiger partial charge in [0.05, 0.1) is 29.5 Å². The van der Waals surface area contributed by atoms with E-state index in [1.54, 1.807) is 36.4 Å². The van der Waals surface area contributed by atoms with Crippen molar-refractivity contribution in [1.82, 2.24) is 24.6 Å². The number of nitrogens with one attached hydrogen (secondary N) is 4.